The summed E-state index contributed by atoms with van der Waals surface area (Å²) in [5, 5.41) is 3.58. The molecule has 0 spiro atoms. The van der Waals surface area contributed by atoms with Gasteiger partial charge in [0.05, 0.1) is 0 Å². The fourth-order valence-corrected chi connectivity index (χ4v) is 1.97. The zero-order valence-corrected chi connectivity index (χ0v) is 11.7. The van der Waals surface area contributed by atoms with Gasteiger partial charge in [0, 0.05) is 37.9 Å². The molecule has 0 saturated carbocycles. The van der Waals surface area contributed by atoms with Crippen LogP contribution in [0.5, 0.6) is 0 Å². The Labute approximate surface area is 106 Å². The highest BCUT2D eigenvalue weighted by molar-refractivity contribution is 4.91. The van der Waals surface area contributed by atoms with Gasteiger partial charge in [-0.2, -0.15) is 0 Å². The minimum atomic E-state index is 0.617. The molecule has 17 heavy (non-hydrogen) atoms. The van der Waals surface area contributed by atoms with Gasteiger partial charge in [-0.1, -0.05) is 20.8 Å². The predicted molar refractivity (Wildman–Crippen MR) is 73.1 cm³/mol. The van der Waals surface area contributed by atoms with Crippen molar-refractivity contribution in [1.82, 2.24) is 14.9 Å². The normalized spacial score (nSPS) is 13.2. The number of aryl methyl sites for hydroxylation is 1. The van der Waals surface area contributed by atoms with Gasteiger partial charge >= 0.3 is 0 Å². The molecular formula is C14H27N3. The third kappa shape index (κ3) is 5.35. The second kappa shape index (κ2) is 7.49. The average Bonchev–Trinajstić information content (AvgIpc) is 2.74. The molecule has 1 unspecified atom stereocenters. The van der Waals surface area contributed by atoms with Crippen molar-refractivity contribution in [2.45, 2.75) is 59.5 Å². The number of hydrogen-bond acceptors (Lipinski definition) is 2. The lowest BCUT2D eigenvalue weighted by Gasteiger charge is -2.15. The summed E-state index contributed by atoms with van der Waals surface area (Å²) in [6.07, 6.45) is 7.54. The van der Waals surface area contributed by atoms with E-state index in [0.29, 0.717) is 6.04 Å². The zero-order chi connectivity index (χ0) is 12.7. The first-order chi connectivity index (χ1) is 8.13. The number of nitrogens with zero attached hydrogens (tertiary/aromatic N) is 2. The van der Waals surface area contributed by atoms with Gasteiger partial charge < -0.3 is 9.88 Å². The van der Waals surface area contributed by atoms with E-state index < -0.39 is 0 Å². The van der Waals surface area contributed by atoms with Gasteiger partial charge in [-0.15, -0.1) is 0 Å². The van der Waals surface area contributed by atoms with E-state index in [1.54, 1.807) is 0 Å². The summed E-state index contributed by atoms with van der Waals surface area (Å²) >= 11 is 0. The number of nitrogens with one attached hydrogen (secondary N) is 1. The van der Waals surface area contributed by atoms with Crippen LogP contribution < -0.4 is 5.32 Å². The minimum absolute atomic E-state index is 0.617. The van der Waals surface area contributed by atoms with Crippen LogP contribution in [-0.2, 0) is 13.0 Å². The third-order valence-electron chi connectivity index (χ3n) is 3.14. The van der Waals surface area contributed by atoms with Crippen LogP contribution >= 0.6 is 0 Å². The monoisotopic (exact) mass is 237 g/mol. The van der Waals surface area contributed by atoms with Crippen LogP contribution in [0.25, 0.3) is 0 Å². The van der Waals surface area contributed by atoms with Gasteiger partial charge in [-0.3, -0.25) is 0 Å². The lowest BCUT2D eigenvalue weighted by molar-refractivity contribution is 0.439. The summed E-state index contributed by atoms with van der Waals surface area (Å²) in [6.45, 7) is 11.0. The van der Waals surface area contributed by atoms with E-state index in [1.807, 2.05) is 6.20 Å². The summed E-state index contributed by atoms with van der Waals surface area (Å²) in [6, 6.07) is 0.617. The second-order valence-electron chi connectivity index (χ2n) is 5.22. The maximum Gasteiger partial charge on any atom is 0.108 e. The van der Waals surface area contributed by atoms with Crippen LogP contribution in [0.1, 0.15) is 46.4 Å². The first-order valence-electron chi connectivity index (χ1n) is 6.86. The van der Waals surface area contributed by atoms with Gasteiger partial charge in [0.25, 0.3) is 0 Å². The van der Waals surface area contributed by atoms with E-state index in [2.05, 4.69) is 48.8 Å². The number of rotatable bonds is 8. The van der Waals surface area contributed by atoms with Crippen LogP contribution in [0.3, 0.4) is 0 Å². The molecule has 3 heteroatoms. The molecule has 98 valence electrons. The van der Waals surface area contributed by atoms with Crippen LogP contribution in [0.15, 0.2) is 12.4 Å². The van der Waals surface area contributed by atoms with Gasteiger partial charge in [-0.05, 0) is 25.7 Å². The maximum absolute atomic E-state index is 4.33. The van der Waals surface area contributed by atoms with E-state index in [-0.39, 0.29) is 0 Å². The average molecular weight is 237 g/mol. The largest absolute Gasteiger partial charge is 0.334 e. The van der Waals surface area contributed by atoms with E-state index in [0.717, 1.165) is 25.4 Å². The maximum atomic E-state index is 4.33. The number of aromatic nitrogens is 2. The topological polar surface area (TPSA) is 29.9 Å². The molecule has 1 heterocycles. The molecule has 0 aliphatic rings. The Balaban J connectivity index is 2.19. The van der Waals surface area contributed by atoms with Crippen LogP contribution in [0, 0.1) is 5.92 Å². The number of hydrogen-bond donors (Lipinski definition) is 1. The van der Waals surface area contributed by atoms with Crippen molar-refractivity contribution in [1.29, 1.82) is 0 Å². The SMILES string of the molecule is CCc1nccn1CCNC(C)CCC(C)C. The quantitative estimate of drug-likeness (QED) is 0.753. The molecule has 1 rings (SSSR count). The fraction of sp³-hybridized carbons (Fsp3) is 0.786. The molecule has 3 nitrogen and oxygen atoms in total. The van der Waals surface area contributed by atoms with Gasteiger partial charge in [0.1, 0.15) is 5.82 Å². The molecule has 0 fully saturated rings. The minimum Gasteiger partial charge on any atom is -0.334 e. The first-order valence-corrected chi connectivity index (χ1v) is 6.86. The van der Waals surface area contributed by atoms with Crippen LogP contribution in [0.4, 0.5) is 0 Å². The van der Waals surface area contributed by atoms with Crippen molar-refractivity contribution >= 4 is 0 Å². The van der Waals surface area contributed by atoms with Crippen LogP contribution in [-0.4, -0.2) is 22.1 Å². The highest BCUT2D eigenvalue weighted by atomic mass is 15.1. The summed E-state index contributed by atoms with van der Waals surface area (Å²) in [4.78, 5) is 4.33. The Kier molecular flexibility index (Phi) is 6.27. The molecule has 0 bridgehead atoms. The van der Waals surface area contributed by atoms with E-state index >= 15 is 0 Å². The molecule has 1 atom stereocenters. The molecule has 0 saturated heterocycles. The standard InChI is InChI=1S/C14H27N3/c1-5-14-16-9-11-17(14)10-8-15-13(4)7-6-12(2)3/h9,11-13,15H,5-8,10H2,1-4H3. The van der Waals surface area contributed by atoms with Crippen molar-refractivity contribution < 1.29 is 0 Å². The van der Waals surface area contributed by atoms with Crippen molar-refractivity contribution in [2.75, 3.05) is 6.54 Å². The molecule has 0 amide bonds. The molecule has 0 aliphatic heterocycles. The summed E-state index contributed by atoms with van der Waals surface area (Å²) in [5.74, 6) is 1.99. The molecule has 1 aromatic heterocycles. The zero-order valence-electron chi connectivity index (χ0n) is 11.7. The second-order valence-corrected chi connectivity index (χ2v) is 5.22. The van der Waals surface area contributed by atoms with Gasteiger partial charge in [-0.25, -0.2) is 4.98 Å². The molecule has 0 aliphatic carbocycles. The Morgan fingerprint density at radius 2 is 2.06 bits per heavy atom. The third-order valence-corrected chi connectivity index (χ3v) is 3.14. The summed E-state index contributed by atoms with van der Waals surface area (Å²) in [5.41, 5.74) is 0. The Bertz CT molecular complexity index is 304. The van der Waals surface area contributed by atoms with Gasteiger partial charge in [0.15, 0.2) is 0 Å². The highest BCUT2D eigenvalue weighted by Gasteiger charge is 2.04. The molecule has 0 aromatic carbocycles. The molecular weight excluding hydrogens is 210 g/mol. The van der Waals surface area contributed by atoms with Crippen molar-refractivity contribution in [3.63, 3.8) is 0 Å². The van der Waals surface area contributed by atoms with E-state index in [1.165, 1.54) is 18.7 Å². The Morgan fingerprint density at radius 3 is 2.71 bits per heavy atom. The lowest BCUT2D eigenvalue weighted by atomic mass is 10.0. The van der Waals surface area contributed by atoms with E-state index in [4.69, 9.17) is 0 Å². The van der Waals surface area contributed by atoms with Crippen LogP contribution in [0.2, 0.25) is 0 Å². The Morgan fingerprint density at radius 1 is 1.29 bits per heavy atom. The van der Waals surface area contributed by atoms with Crippen molar-refractivity contribution in [2.24, 2.45) is 5.92 Å². The highest BCUT2D eigenvalue weighted by Crippen LogP contribution is 2.06. The lowest BCUT2D eigenvalue weighted by Crippen LogP contribution is -2.29. The van der Waals surface area contributed by atoms with Crippen molar-refractivity contribution in [3.05, 3.63) is 18.2 Å². The predicted octanol–water partition coefficient (Wildman–Crippen LogP) is 2.86. The van der Waals surface area contributed by atoms with E-state index in [9.17, 15) is 0 Å². The number of imidazole rings is 1. The smallest absolute Gasteiger partial charge is 0.108 e. The van der Waals surface area contributed by atoms with Gasteiger partial charge in [0.2, 0.25) is 0 Å². The summed E-state index contributed by atoms with van der Waals surface area (Å²) < 4.78 is 2.24. The molecule has 1 N–H and O–H groups in total. The van der Waals surface area contributed by atoms with Crippen molar-refractivity contribution in [3.8, 4) is 0 Å². The Hall–Kier alpha value is -0.830. The molecule has 0 radical (unpaired) electrons. The summed E-state index contributed by atoms with van der Waals surface area (Å²) in [7, 11) is 0. The first kappa shape index (κ1) is 14.2. The molecule has 1 aromatic rings. The fourth-order valence-electron chi connectivity index (χ4n) is 1.97.